The van der Waals surface area contributed by atoms with Crippen molar-refractivity contribution in [2.24, 2.45) is 0 Å². The lowest BCUT2D eigenvalue weighted by molar-refractivity contribution is -0.136. The zero-order chi connectivity index (χ0) is 12.3. The van der Waals surface area contributed by atoms with Gasteiger partial charge in [-0.3, -0.25) is 4.79 Å². The van der Waals surface area contributed by atoms with E-state index in [0.717, 1.165) is 10.6 Å². The summed E-state index contributed by atoms with van der Waals surface area (Å²) in [5, 5.41) is 11.1. The van der Waals surface area contributed by atoms with Crippen molar-refractivity contribution < 1.29 is 14.3 Å². The van der Waals surface area contributed by atoms with E-state index in [0.29, 0.717) is 12.1 Å². The minimum absolute atomic E-state index is 0.0698. The third-order valence-corrected chi connectivity index (χ3v) is 3.07. The van der Waals surface area contributed by atoms with Crippen LogP contribution in [0.3, 0.4) is 0 Å². The van der Waals surface area contributed by atoms with Crippen molar-refractivity contribution in [3.8, 4) is 0 Å². The molecule has 2 aromatic rings. The maximum absolute atomic E-state index is 13.0. The Hall–Kier alpha value is -1.75. The minimum atomic E-state index is -0.896. The Labute approximate surface area is 102 Å². The van der Waals surface area contributed by atoms with E-state index < -0.39 is 5.97 Å². The lowest BCUT2D eigenvalue weighted by Gasteiger charge is -1.97. The number of benzene rings is 1. The van der Waals surface area contributed by atoms with Gasteiger partial charge in [0.25, 0.3) is 0 Å². The van der Waals surface area contributed by atoms with Gasteiger partial charge in [-0.25, -0.2) is 9.37 Å². The van der Waals surface area contributed by atoms with Gasteiger partial charge in [-0.05, 0) is 17.7 Å². The van der Waals surface area contributed by atoms with Crippen molar-refractivity contribution in [2.45, 2.75) is 12.8 Å². The second-order valence-electron chi connectivity index (χ2n) is 3.61. The van der Waals surface area contributed by atoms with Crippen molar-refractivity contribution in [3.05, 3.63) is 51.7 Å². The largest absolute Gasteiger partial charge is 0.481 e. The molecule has 0 atom stereocenters. The van der Waals surface area contributed by atoms with Gasteiger partial charge < -0.3 is 5.11 Å². The zero-order valence-corrected chi connectivity index (χ0v) is 9.71. The summed E-state index contributed by atoms with van der Waals surface area (Å²) < 4.78 is 13.0. The molecule has 1 heterocycles. The van der Waals surface area contributed by atoms with Crippen LogP contribution >= 0.6 is 11.3 Å². The molecule has 5 heteroatoms. The standard InChI is InChI=1S/C12H10FNO2S/c13-9-3-1-2-8(4-9)5-11-14-10(7-17-11)6-12(15)16/h1-4,7H,5-6H2,(H,15,16). The van der Waals surface area contributed by atoms with E-state index in [-0.39, 0.29) is 12.2 Å². The van der Waals surface area contributed by atoms with E-state index in [1.165, 1.54) is 23.5 Å². The molecule has 0 amide bonds. The molecule has 0 saturated heterocycles. The third-order valence-electron chi connectivity index (χ3n) is 2.18. The summed E-state index contributed by atoms with van der Waals surface area (Å²) in [6, 6.07) is 6.32. The highest BCUT2D eigenvalue weighted by Crippen LogP contribution is 2.15. The van der Waals surface area contributed by atoms with Crippen LogP contribution in [0, 0.1) is 5.82 Å². The number of rotatable bonds is 4. The number of thiazole rings is 1. The molecule has 1 aromatic carbocycles. The van der Waals surface area contributed by atoms with Gasteiger partial charge in [0.1, 0.15) is 5.82 Å². The average Bonchev–Trinajstić information content (AvgIpc) is 2.64. The molecular formula is C12H10FNO2S. The average molecular weight is 251 g/mol. The Morgan fingerprint density at radius 2 is 2.29 bits per heavy atom. The minimum Gasteiger partial charge on any atom is -0.481 e. The van der Waals surface area contributed by atoms with Crippen LogP contribution in [-0.2, 0) is 17.6 Å². The van der Waals surface area contributed by atoms with E-state index in [1.54, 1.807) is 11.4 Å². The quantitative estimate of drug-likeness (QED) is 0.908. The summed E-state index contributed by atoms with van der Waals surface area (Å²) >= 11 is 1.40. The summed E-state index contributed by atoms with van der Waals surface area (Å²) in [4.78, 5) is 14.7. The van der Waals surface area contributed by atoms with Crippen LogP contribution in [0.5, 0.6) is 0 Å². The van der Waals surface area contributed by atoms with Crippen LogP contribution < -0.4 is 0 Å². The normalized spacial score (nSPS) is 10.4. The fourth-order valence-electron chi connectivity index (χ4n) is 1.49. The summed E-state index contributed by atoms with van der Waals surface area (Å²) in [6.45, 7) is 0. The molecule has 0 radical (unpaired) electrons. The second-order valence-corrected chi connectivity index (χ2v) is 4.55. The summed E-state index contributed by atoms with van der Waals surface area (Å²) in [7, 11) is 0. The molecule has 1 aromatic heterocycles. The van der Waals surface area contributed by atoms with E-state index >= 15 is 0 Å². The van der Waals surface area contributed by atoms with Gasteiger partial charge in [0.05, 0.1) is 17.1 Å². The lowest BCUT2D eigenvalue weighted by atomic mass is 10.1. The van der Waals surface area contributed by atoms with Crippen molar-refractivity contribution in [1.82, 2.24) is 4.98 Å². The van der Waals surface area contributed by atoms with E-state index in [2.05, 4.69) is 4.98 Å². The topological polar surface area (TPSA) is 50.2 Å². The van der Waals surface area contributed by atoms with Crippen LogP contribution in [0.15, 0.2) is 29.6 Å². The number of carboxylic acid groups (broad SMARTS) is 1. The van der Waals surface area contributed by atoms with Crippen LogP contribution in [0.25, 0.3) is 0 Å². The zero-order valence-electron chi connectivity index (χ0n) is 8.89. The van der Waals surface area contributed by atoms with Gasteiger partial charge in [0.15, 0.2) is 0 Å². The number of hydrogen-bond acceptors (Lipinski definition) is 3. The molecular weight excluding hydrogens is 241 g/mol. The number of aliphatic carboxylic acids is 1. The Balaban J connectivity index is 2.08. The number of carboxylic acids is 1. The van der Waals surface area contributed by atoms with Gasteiger partial charge in [-0.2, -0.15) is 0 Å². The molecule has 3 nitrogen and oxygen atoms in total. The smallest absolute Gasteiger partial charge is 0.309 e. The summed E-state index contributed by atoms with van der Waals surface area (Å²) in [5.41, 5.74) is 1.38. The fourth-order valence-corrected chi connectivity index (χ4v) is 2.32. The SMILES string of the molecule is O=C(O)Cc1csc(Cc2cccc(F)c2)n1. The Bertz CT molecular complexity index is 539. The molecule has 0 saturated carbocycles. The van der Waals surface area contributed by atoms with Gasteiger partial charge >= 0.3 is 5.97 Å². The molecule has 0 aliphatic rings. The third kappa shape index (κ3) is 3.35. The lowest BCUT2D eigenvalue weighted by Crippen LogP contribution is -2.00. The van der Waals surface area contributed by atoms with Gasteiger partial charge in [-0.1, -0.05) is 12.1 Å². The second kappa shape index (κ2) is 5.05. The Kier molecular flexibility index (Phi) is 3.49. The Morgan fingerprint density at radius 1 is 1.47 bits per heavy atom. The molecule has 0 bridgehead atoms. The first-order valence-corrected chi connectivity index (χ1v) is 5.91. The molecule has 0 spiro atoms. The van der Waals surface area contributed by atoms with E-state index in [4.69, 9.17) is 5.11 Å². The summed E-state index contributed by atoms with van der Waals surface area (Å²) in [6.07, 6.45) is 0.460. The van der Waals surface area contributed by atoms with Gasteiger partial charge in [0, 0.05) is 11.8 Å². The highest BCUT2D eigenvalue weighted by atomic mass is 32.1. The van der Waals surface area contributed by atoms with Gasteiger partial charge in [0.2, 0.25) is 0 Å². The number of aromatic nitrogens is 1. The van der Waals surface area contributed by atoms with Crippen LogP contribution in [0.1, 0.15) is 16.3 Å². The first-order valence-electron chi connectivity index (χ1n) is 5.03. The van der Waals surface area contributed by atoms with Crippen molar-refractivity contribution in [2.75, 3.05) is 0 Å². The fraction of sp³-hybridized carbons (Fsp3) is 0.167. The van der Waals surface area contributed by atoms with Crippen molar-refractivity contribution in [3.63, 3.8) is 0 Å². The van der Waals surface area contributed by atoms with E-state index in [1.807, 2.05) is 6.07 Å². The van der Waals surface area contributed by atoms with Crippen LogP contribution in [0.2, 0.25) is 0 Å². The van der Waals surface area contributed by atoms with Gasteiger partial charge in [-0.15, -0.1) is 11.3 Å². The maximum atomic E-state index is 13.0. The first-order chi connectivity index (χ1) is 8.13. The van der Waals surface area contributed by atoms with Crippen molar-refractivity contribution in [1.29, 1.82) is 0 Å². The van der Waals surface area contributed by atoms with Crippen LogP contribution in [-0.4, -0.2) is 16.1 Å². The number of nitrogens with zero attached hydrogens (tertiary/aromatic N) is 1. The predicted molar refractivity (Wildman–Crippen MR) is 62.7 cm³/mol. The molecule has 0 aliphatic heterocycles. The molecule has 0 fully saturated rings. The highest BCUT2D eigenvalue weighted by molar-refractivity contribution is 7.09. The molecule has 1 N–H and O–H groups in total. The number of hydrogen-bond donors (Lipinski definition) is 1. The summed E-state index contributed by atoms with van der Waals surface area (Å²) in [5.74, 6) is -1.17. The number of halogens is 1. The number of carbonyl (C=O) groups is 1. The monoisotopic (exact) mass is 251 g/mol. The molecule has 0 aliphatic carbocycles. The Morgan fingerprint density at radius 3 is 3.00 bits per heavy atom. The first kappa shape index (κ1) is 11.7. The highest BCUT2D eigenvalue weighted by Gasteiger charge is 2.07. The molecule has 17 heavy (non-hydrogen) atoms. The molecule has 0 unspecified atom stereocenters. The molecule has 2 rings (SSSR count). The van der Waals surface area contributed by atoms with E-state index in [9.17, 15) is 9.18 Å². The van der Waals surface area contributed by atoms with Crippen molar-refractivity contribution >= 4 is 17.3 Å². The molecule has 88 valence electrons. The maximum Gasteiger partial charge on any atom is 0.309 e. The predicted octanol–water partition coefficient (Wildman–Crippen LogP) is 2.50. The van der Waals surface area contributed by atoms with Crippen LogP contribution in [0.4, 0.5) is 4.39 Å².